The van der Waals surface area contributed by atoms with Gasteiger partial charge in [-0.25, -0.2) is 0 Å². The predicted molar refractivity (Wildman–Crippen MR) is 91.5 cm³/mol. The van der Waals surface area contributed by atoms with Crippen LogP contribution < -0.4 is 0 Å². The molecular weight excluding hydrogens is 254 g/mol. The molecule has 0 amide bonds. The van der Waals surface area contributed by atoms with Crippen LogP contribution in [0.4, 0.5) is 0 Å². The molecule has 1 nitrogen and oxygen atoms in total. The molecule has 0 aliphatic carbocycles. The standard InChI is InChI=1S/C20H17N/c1-3-7-17(8-4-1)11-13-19-15-16-20(21-19)14-12-18-9-5-2-6-10-18/h1-16,21H/b13-11+,14-12+. The van der Waals surface area contributed by atoms with Crippen molar-refractivity contribution in [3.63, 3.8) is 0 Å². The van der Waals surface area contributed by atoms with Gasteiger partial charge in [-0.1, -0.05) is 72.8 Å². The van der Waals surface area contributed by atoms with E-state index in [1.54, 1.807) is 0 Å². The summed E-state index contributed by atoms with van der Waals surface area (Å²) in [5.74, 6) is 0. The van der Waals surface area contributed by atoms with Gasteiger partial charge in [-0.3, -0.25) is 0 Å². The zero-order valence-corrected chi connectivity index (χ0v) is 11.7. The summed E-state index contributed by atoms with van der Waals surface area (Å²) in [6, 6.07) is 24.8. The second kappa shape index (κ2) is 6.58. The SMILES string of the molecule is C(=C\c1ccc(/C=C/c2ccccc2)[nH]1)/c1ccccc1. The third kappa shape index (κ3) is 3.83. The molecule has 0 bridgehead atoms. The molecule has 0 saturated carbocycles. The summed E-state index contributed by atoms with van der Waals surface area (Å²) in [6.45, 7) is 0. The summed E-state index contributed by atoms with van der Waals surface area (Å²) in [5, 5.41) is 0. The van der Waals surface area contributed by atoms with E-state index in [-0.39, 0.29) is 0 Å². The smallest absolute Gasteiger partial charge is 0.0385 e. The number of nitrogens with one attached hydrogen (secondary N) is 1. The Kier molecular flexibility index (Phi) is 4.13. The number of aromatic amines is 1. The van der Waals surface area contributed by atoms with Gasteiger partial charge in [0.2, 0.25) is 0 Å². The second-order valence-corrected chi connectivity index (χ2v) is 4.86. The molecule has 3 rings (SSSR count). The Balaban J connectivity index is 1.69. The molecule has 102 valence electrons. The number of aromatic nitrogens is 1. The maximum absolute atomic E-state index is 3.38. The first-order chi connectivity index (χ1) is 10.4. The van der Waals surface area contributed by atoms with Crippen LogP contribution in [0.2, 0.25) is 0 Å². The van der Waals surface area contributed by atoms with Gasteiger partial charge in [-0.05, 0) is 35.4 Å². The molecule has 0 saturated heterocycles. The highest BCUT2D eigenvalue weighted by Crippen LogP contribution is 2.11. The van der Waals surface area contributed by atoms with E-state index in [1.165, 1.54) is 11.1 Å². The molecule has 1 aromatic heterocycles. The molecule has 21 heavy (non-hydrogen) atoms. The number of hydrogen-bond donors (Lipinski definition) is 1. The Labute approximate surface area is 125 Å². The molecule has 1 heterocycles. The van der Waals surface area contributed by atoms with Gasteiger partial charge in [-0.2, -0.15) is 0 Å². The average Bonchev–Trinajstić information content (AvgIpc) is 3.01. The summed E-state index contributed by atoms with van der Waals surface area (Å²) in [5.41, 5.74) is 4.61. The van der Waals surface area contributed by atoms with Crippen molar-refractivity contribution in [1.82, 2.24) is 4.98 Å². The number of H-pyrrole nitrogens is 1. The topological polar surface area (TPSA) is 15.8 Å². The van der Waals surface area contributed by atoms with Gasteiger partial charge in [0.25, 0.3) is 0 Å². The maximum atomic E-state index is 3.38. The van der Waals surface area contributed by atoms with Crippen molar-refractivity contribution in [2.24, 2.45) is 0 Å². The van der Waals surface area contributed by atoms with Gasteiger partial charge in [-0.15, -0.1) is 0 Å². The number of rotatable bonds is 4. The van der Waals surface area contributed by atoms with E-state index in [0.29, 0.717) is 0 Å². The Bertz CT molecular complexity index is 670. The third-order valence-corrected chi connectivity index (χ3v) is 3.24. The van der Waals surface area contributed by atoms with Crippen molar-refractivity contribution < 1.29 is 0 Å². The summed E-state index contributed by atoms with van der Waals surface area (Å²) in [4.78, 5) is 3.38. The summed E-state index contributed by atoms with van der Waals surface area (Å²) in [7, 11) is 0. The number of benzene rings is 2. The zero-order valence-electron chi connectivity index (χ0n) is 11.7. The molecule has 0 aliphatic heterocycles. The van der Waals surface area contributed by atoms with Crippen LogP contribution in [0.25, 0.3) is 24.3 Å². The fourth-order valence-electron chi connectivity index (χ4n) is 2.12. The van der Waals surface area contributed by atoms with Gasteiger partial charge in [0.1, 0.15) is 0 Å². The molecular formula is C20H17N. The molecule has 0 radical (unpaired) electrons. The molecule has 0 spiro atoms. The fourth-order valence-corrected chi connectivity index (χ4v) is 2.12. The Morgan fingerprint density at radius 3 is 1.33 bits per heavy atom. The second-order valence-electron chi connectivity index (χ2n) is 4.86. The van der Waals surface area contributed by atoms with Gasteiger partial charge in [0.15, 0.2) is 0 Å². The van der Waals surface area contributed by atoms with Crippen LogP contribution in [-0.2, 0) is 0 Å². The lowest BCUT2D eigenvalue weighted by Gasteiger charge is -1.92. The third-order valence-electron chi connectivity index (χ3n) is 3.24. The summed E-state index contributed by atoms with van der Waals surface area (Å²) >= 11 is 0. The molecule has 1 N–H and O–H groups in total. The van der Waals surface area contributed by atoms with Crippen LogP contribution in [0.15, 0.2) is 72.8 Å². The summed E-state index contributed by atoms with van der Waals surface area (Å²) < 4.78 is 0. The lowest BCUT2D eigenvalue weighted by molar-refractivity contribution is 1.35. The zero-order chi connectivity index (χ0) is 14.3. The van der Waals surface area contributed by atoms with E-state index in [9.17, 15) is 0 Å². The molecule has 3 aromatic rings. The first-order valence-corrected chi connectivity index (χ1v) is 7.05. The highest BCUT2D eigenvalue weighted by atomic mass is 14.7. The van der Waals surface area contributed by atoms with Crippen molar-refractivity contribution in [3.05, 3.63) is 95.3 Å². The van der Waals surface area contributed by atoms with Crippen LogP contribution in [0.3, 0.4) is 0 Å². The van der Waals surface area contributed by atoms with Crippen LogP contribution in [-0.4, -0.2) is 4.98 Å². The minimum absolute atomic E-state index is 1.10. The molecule has 2 aromatic carbocycles. The first-order valence-electron chi connectivity index (χ1n) is 7.05. The first kappa shape index (κ1) is 13.2. The average molecular weight is 271 g/mol. The molecule has 0 aliphatic rings. The molecule has 0 fully saturated rings. The Morgan fingerprint density at radius 2 is 0.905 bits per heavy atom. The quantitative estimate of drug-likeness (QED) is 0.658. The maximum Gasteiger partial charge on any atom is 0.0385 e. The van der Waals surface area contributed by atoms with Gasteiger partial charge < -0.3 is 4.98 Å². The Morgan fingerprint density at radius 1 is 0.476 bits per heavy atom. The Hall–Kier alpha value is -2.80. The minimum Gasteiger partial charge on any atom is -0.356 e. The largest absolute Gasteiger partial charge is 0.356 e. The fraction of sp³-hybridized carbons (Fsp3) is 0. The van der Waals surface area contributed by atoms with Crippen LogP contribution >= 0.6 is 0 Å². The normalized spacial score (nSPS) is 11.4. The van der Waals surface area contributed by atoms with E-state index < -0.39 is 0 Å². The van der Waals surface area contributed by atoms with Gasteiger partial charge in [0.05, 0.1) is 0 Å². The van der Waals surface area contributed by atoms with Crippen LogP contribution in [0.1, 0.15) is 22.5 Å². The molecule has 1 heteroatoms. The van der Waals surface area contributed by atoms with E-state index in [4.69, 9.17) is 0 Å². The highest BCUT2D eigenvalue weighted by molar-refractivity contribution is 5.71. The minimum atomic E-state index is 1.10. The van der Waals surface area contributed by atoms with E-state index in [0.717, 1.165) is 11.4 Å². The highest BCUT2D eigenvalue weighted by Gasteiger charge is 1.92. The van der Waals surface area contributed by atoms with Crippen molar-refractivity contribution >= 4 is 24.3 Å². The van der Waals surface area contributed by atoms with E-state index in [1.807, 2.05) is 36.4 Å². The predicted octanol–water partition coefficient (Wildman–Crippen LogP) is 5.36. The lowest BCUT2D eigenvalue weighted by Crippen LogP contribution is -1.74. The molecule has 0 unspecified atom stereocenters. The van der Waals surface area contributed by atoms with Crippen molar-refractivity contribution in [1.29, 1.82) is 0 Å². The van der Waals surface area contributed by atoms with Gasteiger partial charge in [0, 0.05) is 11.4 Å². The van der Waals surface area contributed by atoms with Crippen LogP contribution in [0, 0.1) is 0 Å². The summed E-state index contributed by atoms with van der Waals surface area (Å²) in [6.07, 6.45) is 8.40. The van der Waals surface area contributed by atoms with Crippen LogP contribution in [0.5, 0.6) is 0 Å². The van der Waals surface area contributed by atoms with Crippen molar-refractivity contribution in [2.75, 3.05) is 0 Å². The van der Waals surface area contributed by atoms with E-state index in [2.05, 4.69) is 65.7 Å². The van der Waals surface area contributed by atoms with E-state index >= 15 is 0 Å². The van der Waals surface area contributed by atoms with Crippen molar-refractivity contribution in [2.45, 2.75) is 0 Å². The molecule has 0 atom stereocenters. The van der Waals surface area contributed by atoms with Gasteiger partial charge >= 0.3 is 0 Å². The lowest BCUT2D eigenvalue weighted by atomic mass is 10.2. The van der Waals surface area contributed by atoms with Crippen molar-refractivity contribution in [3.8, 4) is 0 Å². The number of hydrogen-bond acceptors (Lipinski definition) is 0. The monoisotopic (exact) mass is 271 g/mol.